The summed E-state index contributed by atoms with van der Waals surface area (Å²) >= 11 is 0. The van der Waals surface area contributed by atoms with Gasteiger partial charge in [-0.3, -0.25) is 4.57 Å². The minimum Gasteiger partial charge on any atom is -0.309 e. The Morgan fingerprint density at radius 2 is 1.09 bits per heavy atom. The molecule has 12 rings (SSSR count). The van der Waals surface area contributed by atoms with Crippen LogP contribution in [0.3, 0.4) is 0 Å². The molecule has 0 saturated heterocycles. The number of fused-ring (bicyclic) bond motifs is 15. The fourth-order valence-electron chi connectivity index (χ4n) is 9.60. The van der Waals surface area contributed by atoms with Crippen molar-refractivity contribution in [1.82, 2.24) is 18.9 Å². The van der Waals surface area contributed by atoms with Crippen LogP contribution in [-0.2, 0) is 5.41 Å². The average Bonchev–Trinajstić information content (AvgIpc) is 3.87. The van der Waals surface area contributed by atoms with Gasteiger partial charge in [-0.2, -0.15) is 0 Å². The predicted molar refractivity (Wildman–Crippen MR) is 228 cm³/mol. The highest BCUT2D eigenvalue weighted by atomic mass is 15.2. The van der Waals surface area contributed by atoms with E-state index in [1.54, 1.807) is 0 Å². The van der Waals surface area contributed by atoms with Gasteiger partial charge in [-0.05, 0) is 81.2 Å². The lowest BCUT2D eigenvalue weighted by atomic mass is 9.81. The first-order chi connectivity index (χ1) is 27.0. The number of para-hydroxylation sites is 2. The summed E-state index contributed by atoms with van der Waals surface area (Å²) in [5.74, 6) is 0.656. The highest BCUT2D eigenvalue weighted by Gasteiger charge is 2.35. The van der Waals surface area contributed by atoms with Crippen molar-refractivity contribution in [2.45, 2.75) is 19.3 Å². The van der Waals surface area contributed by atoms with Crippen LogP contribution in [0.1, 0.15) is 25.0 Å². The van der Waals surface area contributed by atoms with Crippen LogP contribution < -0.4 is 0 Å². The topological polar surface area (TPSA) is 35.1 Å². The van der Waals surface area contributed by atoms with Gasteiger partial charge in [0.1, 0.15) is 0 Å². The fourth-order valence-corrected chi connectivity index (χ4v) is 9.60. The van der Waals surface area contributed by atoms with E-state index in [1.165, 1.54) is 76.7 Å². The lowest BCUT2D eigenvalue weighted by Gasteiger charge is -2.22. The summed E-state index contributed by atoms with van der Waals surface area (Å²) in [6.45, 7) is 4.67. The molecule has 0 aliphatic heterocycles. The normalized spacial score (nSPS) is 13.4. The number of aromatic nitrogens is 4. The molecule has 11 aromatic rings. The number of pyridine rings is 1. The predicted octanol–water partition coefficient (Wildman–Crippen LogP) is 12.9. The van der Waals surface area contributed by atoms with E-state index < -0.39 is 0 Å². The van der Waals surface area contributed by atoms with Gasteiger partial charge in [-0.25, -0.2) is 9.97 Å². The van der Waals surface area contributed by atoms with Crippen molar-refractivity contribution in [2.75, 3.05) is 0 Å². The standard InChI is InChI=1S/C51H34N4/c1-51(2)42-19-8-5-15-35(42)36-23-22-32(29-43(36)51)31-12-11-13-33(28-31)44-26-27-52-50(53-44)55-46-21-10-7-18-39(46)40-24-25-47-41(49(40)55)30-48-38-17-4-3-14-34(38)37-16-6-9-20-45(37)54(47)48/h3-30H,1-2H3. The van der Waals surface area contributed by atoms with Gasteiger partial charge in [0, 0.05) is 44.1 Å². The SMILES string of the molecule is CC1(C)c2ccccc2-c2ccc(-c3cccc(-c4ccnc(-n5c6ccccc6c6ccc7c(cc8c9ccccc9c9ccccc9n87)c65)n4)c3)cc21. The van der Waals surface area contributed by atoms with Crippen LogP contribution in [0.5, 0.6) is 0 Å². The van der Waals surface area contributed by atoms with E-state index in [1.807, 2.05) is 12.3 Å². The zero-order valence-corrected chi connectivity index (χ0v) is 30.5. The van der Waals surface area contributed by atoms with Crippen LogP contribution in [0.2, 0.25) is 0 Å². The summed E-state index contributed by atoms with van der Waals surface area (Å²) in [4.78, 5) is 10.3. The monoisotopic (exact) mass is 702 g/mol. The zero-order valence-electron chi connectivity index (χ0n) is 30.5. The number of rotatable bonds is 3. The van der Waals surface area contributed by atoms with E-state index in [0.29, 0.717) is 5.95 Å². The molecule has 0 unspecified atom stereocenters. The van der Waals surface area contributed by atoms with Crippen LogP contribution in [0.25, 0.3) is 99.4 Å². The van der Waals surface area contributed by atoms with Crippen molar-refractivity contribution in [3.63, 3.8) is 0 Å². The Kier molecular flexibility index (Phi) is 6.09. The van der Waals surface area contributed by atoms with Gasteiger partial charge in [0.05, 0.1) is 33.3 Å². The largest absolute Gasteiger partial charge is 0.309 e. The molecule has 258 valence electrons. The van der Waals surface area contributed by atoms with Crippen LogP contribution in [0.15, 0.2) is 170 Å². The number of nitrogens with zero attached hydrogens (tertiary/aromatic N) is 4. The fraction of sp³-hybridized carbons (Fsp3) is 0.0588. The second kappa shape index (κ2) is 11.0. The van der Waals surface area contributed by atoms with Crippen molar-refractivity contribution in [1.29, 1.82) is 0 Å². The van der Waals surface area contributed by atoms with Crippen molar-refractivity contribution in [3.8, 4) is 39.5 Å². The first-order valence-corrected chi connectivity index (χ1v) is 19.0. The molecule has 0 radical (unpaired) electrons. The molecule has 0 saturated carbocycles. The molecule has 1 aliphatic carbocycles. The second-order valence-corrected chi connectivity index (χ2v) is 15.4. The van der Waals surface area contributed by atoms with E-state index >= 15 is 0 Å². The lowest BCUT2D eigenvalue weighted by molar-refractivity contribution is 0.660. The maximum absolute atomic E-state index is 5.33. The second-order valence-electron chi connectivity index (χ2n) is 15.4. The number of hydrogen-bond acceptors (Lipinski definition) is 2. The smallest absolute Gasteiger partial charge is 0.235 e. The molecule has 0 N–H and O–H groups in total. The molecule has 1 aliphatic rings. The van der Waals surface area contributed by atoms with Crippen molar-refractivity contribution in [2.24, 2.45) is 0 Å². The highest BCUT2D eigenvalue weighted by molar-refractivity contribution is 6.22. The molecule has 0 fully saturated rings. The van der Waals surface area contributed by atoms with Crippen LogP contribution in [-0.4, -0.2) is 18.9 Å². The molecule has 0 amide bonds. The van der Waals surface area contributed by atoms with Gasteiger partial charge in [0.2, 0.25) is 5.95 Å². The minimum absolute atomic E-state index is 0.0545. The van der Waals surface area contributed by atoms with Gasteiger partial charge in [0.25, 0.3) is 0 Å². The molecule has 0 spiro atoms. The Labute approximate surface area is 317 Å². The van der Waals surface area contributed by atoms with Gasteiger partial charge < -0.3 is 4.40 Å². The maximum atomic E-state index is 5.33. The first kappa shape index (κ1) is 30.4. The van der Waals surface area contributed by atoms with Gasteiger partial charge >= 0.3 is 0 Å². The Hall–Kier alpha value is -7.04. The molecular weight excluding hydrogens is 669 g/mol. The van der Waals surface area contributed by atoms with Gasteiger partial charge in [-0.15, -0.1) is 0 Å². The van der Waals surface area contributed by atoms with E-state index in [-0.39, 0.29) is 5.41 Å². The van der Waals surface area contributed by atoms with Crippen LogP contribution in [0.4, 0.5) is 0 Å². The summed E-state index contributed by atoms with van der Waals surface area (Å²) in [6.07, 6.45) is 1.90. The molecule has 4 heteroatoms. The third kappa shape index (κ3) is 4.17. The van der Waals surface area contributed by atoms with Crippen molar-refractivity contribution >= 4 is 59.9 Å². The van der Waals surface area contributed by atoms with Gasteiger partial charge in [0.15, 0.2) is 0 Å². The van der Waals surface area contributed by atoms with Gasteiger partial charge in [-0.1, -0.05) is 135 Å². The van der Waals surface area contributed by atoms with Crippen molar-refractivity contribution < 1.29 is 0 Å². The minimum atomic E-state index is -0.0545. The van der Waals surface area contributed by atoms with Crippen molar-refractivity contribution in [3.05, 3.63) is 181 Å². The van der Waals surface area contributed by atoms with E-state index in [2.05, 4.69) is 181 Å². The Bertz CT molecular complexity index is 3420. The molecule has 4 nitrogen and oxygen atoms in total. The molecule has 4 aromatic heterocycles. The molecule has 55 heavy (non-hydrogen) atoms. The molecular formula is C51H34N4. The molecule has 0 atom stereocenters. The molecule has 4 heterocycles. The summed E-state index contributed by atoms with van der Waals surface area (Å²) in [6, 6.07) is 59.6. The maximum Gasteiger partial charge on any atom is 0.235 e. The molecule has 0 bridgehead atoms. The summed E-state index contributed by atoms with van der Waals surface area (Å²) in [7, 11) is 0. The Morgan fingerprint density at radius 3 is 1.95 bits per heavy atom. The lowest BCUT2D eigenvalue weighted by Crippen LogP contribution is -2.14. The summed E-state index contributed by atoms with van der Waals surface area (Å²) in [5, 5.41) is 7.29. The summed E-state index contributed by atoms with van der Waals surface area (Å²) in [5.41, 5.74) is 15.5. The van der Waals surface area contributed by atoms with Crippen LogP contribution in [0, 0.1) is 0 Å². The quantitative estimate of drug-likeness (QED) is 0.172. The number of benzene rings is 7. The third-order valence-corrected chi connectivity index (χ3v) is 12.2. The van der Waals surface area contributed by atoms with E-state index in [0.717, 1.165) is 27.8 Å². The Balaban J connectivity index is 1.05. The summed E-state index contributed by atoms with van der Waals surface area (Å²) < 4.78 is 4.69. The highest BCUT2D eigenvalue weighted by Crippen LogP contribution is 2.49. The number of hydrogen-bond donors (Lipinski definition) is 0. The molecule has 7 aromatic carbocycles. The first-order valence-electron chi connectivity index (χ1n) is 19.0. The van der Waals surface area contributed by atoms with E-state index in [9.17, 15) is 0 Å². The third-order valence-electron chi connectivity index (χ3n) is 12.2. The van der Waals surface area contributed by atoms with E-state index in [4.69, 9.17) is 9.97 Å². The zero-order chi connectivity index (χ0) is 36.4. The Morgan fingerprint density at radius 1 is 0.436 bits per heavy atom. The average molecular weight is 703 g/mol. The van der Waals surface area contributed by atoms with Crippen LogP contribution >= 0.6 is 0 Å².